The monoisotopic (exact) mass is 347 g/mol. The molecule has 0 aromatic heterocycles. The van der Waals surface area contributed by atoms with Gasteiger partial charge in [-0.05, 0) is 44.7 Å². The average Bonchev–Trinajstić information content (AvgIpc) is 2.58. The van der Waals surface area contributed by atoms with Gasteiger partial charge < -0.3 is 20.2 Å². The second kappa shape index (κ2) is 9.09. The first-order valence-electron chi connectivity index (χ1n) is 9.44. The van der Waals surface area contributed by atoms with Crippen molar-refractivity contribution in [2.45, 2.75) is 52.7 Å². The second-order valence-electron chi connectivity index (χ2n) is 7.62. The molecule has 25 heavy (non-hydrogen) atoms. The van der Waals surface area contributed by atoms with Gasteiger partial charge in [-0.15, -0.1) is 0 Å². The Morgan fingerprint density at radius 3 is 2.48 bits per heavy atom. The number of hydrogen-bond acceptors (Lipinski definition) is 4. The van der Waals surface area contributed by atoms with Crippen molar-refractivity contribution in [3.63, 3.8) is 0 Å². The number of amides is 1. The van der Waals surface area contributed by atoms with Crippen LogP contribution in [0.4, 0.5) is 11.4 Å². The molecule has 0 aliphatic carbocycles. The van der Waals surface area contributed by atoms with E-state index in [4.69, 9.17) is 0 Å². The molecule has 140 valence electrons. The van der Waals surface area contributed by atoms with Crippen LogP contribution in [0.2, 0.25) is 0 Å². The molecular weight excluding hydrogens is 314 g/mol. The molecule has 1 fully saturated rings. The van der Waals surface area contributed by atoms with Crippen molar-refractivity contribution in [2.24, 2.45) is 5.92 Å². The molecule has 1 aromatic carbocycles. The zero-order chi connectivity index (χ0) is 18.4. The lowest BCUT2D eigenvalue weighted by Crippen LogP contribution is -2.42. The van der Waals surface area contributed by atoms with E-state index in [-0.39, 0.29) is 18.1 Å². The number of hydrogen-bond donors (Lipinski definition) is 2. The lowest BCUT2D eigenvalue weighted by atomic mass is 10.1. The van der Waals surface area contributed by atoms with Crippen LogP contribution in [0.5, 0.6) is 0 Å². The number of carbonyl (C=O) groups excluding carboxylic acids is 1. The highest BCUT2D eigenvalue weighted by atomic mass is 16.3. The minimum atomic E-state index is -0.186. The van der Waals surface area contributed by atoms with Crippen LogP contribution >= 0.6 is 0 Å². The Bertz CT molecular complexity index is 552. The van der Waals surface area contributed by atoms with Crippen molar-refractivity contribution in [1.82, 2.24) is 4.90 Å². The first-order valence-corrected chi connectivity index (χ1v) is 9.44. The maximum atomic E-state index is 12.6. The Morgan fingerprint density at radius 1 is 1.24 bits per heavy atom. The number of benzene rings is 1. The summed E-state index contributed by atoms with van der Waals surface area (Å²) in [5.41, 5.74) is 2.10. The van der Waals surface area contributed by atoms with E-state index < -0.39 is 0 Å². The number of para-hydroxylation sites is 2. The molecule has 2 N–H and O–H groups in total. The third kappa shape index (κ3) is 5.63. The fraction of sp³-hybridized carbons (Fsp3) is 0.650. The number of rotatable bonds is 7. The Labute approximate surface area is 152 Å². The van der Waals surface area contributed by atoms with Crippen LogP contribution in [-0.2, 0) is 4.79 Å². The molecule has 5 heteroatoms. The van der Waals surface area contributed by atoms with Gasteiger partial charge in [-0.3, -0.25) is 4.79 Å². The Balaban J connectivity index is 2.01. The van der Waals surface area contributed by atoms with Crippen molar-refractivity contribution >= 4 is 17.3 Å². The van der Waals surface area contributed by atoms with Crippen LogP contribution in [0.15, 0.2) is 24.3 Å². The molecule has 0 saturated carbocycles. The summed E-state index contributed by atoms with van der Waals surface area (Å²) >= 11 is 0. The first kappa shape index (κ1) is 19.6. The van der Waals surface area contributed by atoms with E-state index in [9.17, 15) is 9.90 Å². The molecular formula is C20H33N3O2. The van der Waals surface area contributed by atoms with E-state index >= 15 is 0 Å². The third-order valence-electron chi connectivity index (χ3n) is 4.64. The number of anilines is 2. The molecule has 1 aliphatic heterocycles. The Morgan fingerprint density at radius 2 is 1.88 bits per heavy atom. The van der Waals surface area contributed by atoms with Crippen LogP contribution in [0.1, 0.15) is 40.5 Å². The molecule has 5 nitrogen and oxygen atoms in total. The summed E-state index contributed by atoms with van der Waals surface area (Å²) in [7, 11) is 0. The molecule has 2 rings (SSSR count). The summed E-state index contributed by atoms with van der Waals surface area (Å²) in [6, 6.07) is 8.32. The summed E-state index contributed by atoms with van der Waals surface area (Å²) < 4.78 is 0. The summed E-state index contributed by atoms with van der Waals surface area (Å²) in [5, 5.41) is 13.0. The van der Waals surface area contributed by atoms with Gasteiger partial charge in [0, 0.05) is 25.7 Å². The lowest BCUT2D eigenvalue weighted by molar-refractivity contribution is -0.131. The number of nitrogens with zero attached hydrogens (tertiary/aromatic N) is 2. The summed E-state index contributed by atoms with van der Waals surface area (Å²) in [6.07, 6.45) is 1.40. The number of piperidine rings is 1. The standard InChI is InChI=1S/C20H33N3O2/c1-15(2)14-23(16(3)4)20(25)13-21-18-7-5-6-8-19(18)22-11-9-17(24)10-12-22/h5-8,15-17,21,24H,9-14H2,1-4H3. The van der Waals surface area contributed by atoms with Gasteiger partial charge in [-0.1, -0.05) is 26.0 Å². The second-order valence-corrected chi connectivity index (χ2v) is 7.62. The SMILES string of the molecule is CC(C)CN(C(=O)CNc1ccccc1N1CCC(O)CC1)C(C)C. The van der Waals surface area contributed by atoms with Gasteiger partial charge in [-0.25, -0.2) is 0 Å². The van der Waals surface area contributed by atoms with E-state index in [0.29, 0.717) is 12.5 Å². The lowest BCUT2D eigenvalue weighted by Gasteiger charge is -2.33. The third-order valence-corrected chi connectivity index (χ3v) is 4.64. The van der Waals surface area contributed by atoms with E-state index in [1.807, 2.05) is 23.1 Å². The minimum Gasteiger partial charge on any atom is -0.393 e. The molecule has 1 heterocycles. The number of carbonyl (C=O) groups is 1. The zero-order valence-electron chi connectivity index (χ0n) is 16.0. The van der Waals surface area contributed by atoms with Crippen LogP contribution in [-0.4, -0.2) is 54.2 Å². The first-order chi connectivity index (χ1) is 11.9. The van der Waals surface area contributed by atoms with Gasteiger partial charge in [0.1, 0.15) is 0 Å². The Kier molecular flexibility index (Phi) is 7.12. The van der Waals surface area contributed by atoms with Gasteiger partial charge in [0.05, 0.1) is 24.0 Å². The highest BCUT2D eigenvalue weighted by Gasteiger charge is 2.21. The van der Waals surface area contributed by atoms with Crippen molar-refractivity contribution < 1.29 is 9.90 Å². The largest absolute Gasteiger partial charge is 0.393 e. The van der Waals surface area contributed by atoms with Crippen molar-refractivity contribution in [2.75, 3.05) is 36.4 Å². The number of aliphatic hydroxyl groups excluding tert-OH is 1. The van der Waals surface area contributed by atoms with Crippen molar-refractivity contribution in [3.05, 3.63) is 24.3 Å². The van der Waals surface area contributed by atoms with Crippen LogP contribution in [0.3, 0.4) is 0 Å². The van der Waals surface area contributed by atoms with Crippen LogP contribution in [0.25, 0.3) is 0 Å². The molecule has 1 amide bonds. The predicted octanol–water partition coefficient (Wildman–Crippen LogP) is 2.95. The highest BCUT2D eigenvalue weighted by Crippen LogP contribution is 2.28. The van der Waals surface area contributed by atoms with Crippen molar-refractivity contribution in [3.8, 4) is 0 Å². The molecule has 0 atom stereocenters. The van der Waals surface area contributed by atoms with E-state index in [0.717, 1.165) is 43.9 Å². The van der Waals surface area contributed by atoms with E-state index in [1.54, 1.807) is 0 Å². The van der Waals surface area contributed by atoms with Gasteiger partial charge in [0.25, 0.3) is 0 Å². The fourth-order valence-electron chi connectivity index (χ4n) is 3.27. The predicted molar refractivity (Wildman–Crippen MR) is 104 cm³/mol. The summed E-state index contributed by atoms with van der Waals surface area (Å²) in [4.78, 5) is 16.9. The zero-order valence-corrected chi connectivity index (χ0v) is 16.0. The van der Waals surface area contributed by atoms with Crippen LogP contribution < -0.4 is 10.2 Å². The Hall–Kier alpha value is -1.75. The number of nitrogens with one attached hydrogen (secondary N) is 1. The molecule has 1 aliphatic rings. The van der Waals surface area contributed by atoms with E-state index in [2.05, 4.69) is 44.0 Å². The van der Waals surface area contributed by atoms with Gasteiger partial charge >= 0.3 is 0 Å². The maximum absolute atomic E-state index is 12.6. The normalized spacial score (nSPS) is 15.7. The van der Waals surface area contributed by atoms with E-state index in [1.165, 1.54) is 0 Å². The van der Waals surface area contributed by atoms with Gasteiger partial charge in [-0.2, -0.15) is 0 Å². The molecule has 0 unspecified atom stereocenters. The molecule has 0 radical (unpaired) electrons. The fourth-order valence-corrected chi connectivity index (χ4v) is 3.27. The van der Waals surface area contributed by atoms with Gasteiger partial charge in [0.15, 0.2) is 0 Å². The molecule has 0 spiro atoms. The molecule has 0 bridgehead atoms. The topological polar surface area (TPSA) is 55.8 Å². The average molecular weight is 348 g/mol. The molecule has 1 aromatic rings. The molecule has 1 saturated heterocycles. The maximum Gasteiger partial charge on any atom is 0.242 e. The van der Waals surface area contributed by atoms with Crippen molar-refractivity contribution in [1.29, 1.82) is 0 Å². The van der Waals surface area contributed by atoms with Crippen LogP contribution in [0, 0.1) is 5.92 Å². The number of aliphatic hydroxyl groups is 1. The van der Waals surface area contributed by atoms with Gasteiger partial charge in [0.2, 0.25) is 5.91 Å². The summed E-state index contributed by atoms with van der Waals surface area (Å²) in [6.45, 7) is 11.2. The minimum absolute atomic E-state index is 0.132. The quantitative estimate of drug-likeness (QED) is 0.796. The summed E-state index contributed by atoms with van der Waals surface area (Å²) in [5.74, 6) is 0.589. The smallest absolute Gasteiger partial charge is 0.242 e. The highest BCUT2D eigenvalue weighted by molar-refractivity contribution is 5.83.